The van der Waals surface area contributed by atoms with Gasteiger partial charge in [-0.05, 0) is 65.6 Å². The number of nitrogens with zero attached hydrogens (tertiary/aromatic N) is 1. The maximum atomic E-state index is 10.6. The van der Waals surface area contributed by atoms with Crippen LogP contribution >= 0.6 is 0 Å². The highest BCUT2D eigenvalue weighted by molar-refractivity contribution is 5.77. The van der Waals surface area contributed by atoms with Crippen LogP contribution in [0.2, 0.25) is 0 Å². The van der Waals surface area contributed by atoms with Gasteiger partial charge in [0.15, 0.2) is 5.54 Å². The summed E-state index contributed by atoms with van der Waals surface area (Å²) in [5.74, 6) is 2.24. The highest BCUT2D eigenvalue weighted by atomic mass is 16.7. The number of hydrogen-bond acceptors (Lipinski definition) is 8. The SMILES string of the molecule is COc1cccc(COc2cccc(C3(c4ccc(OC)c(C)c4)COC(NOC=O)=N3)c2)c1. The lowest BCUT2D eigenvalue weighted by Gasteiger charge is -2.26. The van der Waals surface area contributed by atoms with Crippen molar-refractivity contribution >= 4 is 12.5 Å². The van der Waals surface area contributed by atoms with Crippen molar-refractivity contribution in [2.24, 2.45) is 4.99 Å². The monoisotopic (exact) mass is 462 g/mol. The molecule has 176 valence electrons. The predicted molar refractivity (Wildman–Crippen MR) is 126 cm³/mol. The molecular weight excluding hydrogens is 436 g/mol. The van der Waals surface area contributed by atoms with Gasteiger partial charge in [-0.15, -0.1) is 0 Å². The Hall–Kier alpha value is -4.20. The second-order valence-electron chi connectivity index (χ2n) is 7.73. The fourth-order valence-corrected chi connectivity index (χ4v) is 3.91. The van der Waals surface area contributed by atoms with Gasteiger partial charge in [0.1, 0.15) is 30.5 Å². The third kappa shape index (κ3) is 4.76. The number of carbonyl (C=O) groups is 1. The summed E-state index contributed by atoms with van der Waals surface area (Å²) in [7, 11) is 3.27. The van der Waals surface area contributed by atoms with E-state index in [9.17, 15) is 4.79 Å². The zero-order valence-electron chi connectivity index (χ0n) is 19.2. The Kier molecular flexibility index (Phi) is 6.87. The highest BCUT2D eigenvalue weighted by Gasteiger charge is 2.41. The number of aliphatic imine (C=N–C) groups is 1. The fraction of sp³-hybridized carbons (Fsp3) is 0.231. The van der Waals surface area contributed by atoms with Gasteiger partial charge in [0.05, 0.1) is 14.2 Å². The van der Waals surface area contributed by atoms with Crippen molar-refractivity contribution in [2.75, 3.05) is 20.8 Å². The number of carbonyl (C=O) groups excluding carboxylic acids is 1. The largest absolute Gasteiger partial charge is 0.497 e. The maximum absolute atomic E-state index is 10.6. The molecule has 1 atom stereocenters. The summed E-state index contributed by atoms with van der Waals surface area (Å²) in [6, 6.07) is 21.4. The molecule has 0 amide bonds. The Labute approximate surface area is 198 Å². The first-order valence-corrected chi connectivity index (χ1v) is 10.7. The molecule has 0 saturated heterocycles. The molecule has 1 unspecified atom stereocenters. The Balaban J connectivity index is 1.67. The molecule has 0 spiro atoms. The number of hydrogen-bond donors (Lipinski definition) is 1. The molecule has 0 bridgehead atoms. The summed E-state index contributed by atoms with van der Waals surface area (Å²) in [5.41, 5.74) is 5.27. The first-order valence-electron chi connectivity index (χ1n) is 10.7. The summed E-state index contributed by atoms with van der Waals surface area (Å²) >= 11 is 0. The van der Waals surface area contributed by atoms with Gasteiger partial charge >= 0.3 is 12.5 Å². The minimum Gasteiger partial charge on any atom is -0.497 e. The average molecular weight is 463 g/mol. The zero-order valence-corrected chi connectivity index (χ0v) is 19.2. The van der Waals surface area contributed by atoms with Gasteiger partial charge in [0.25, 0.3) is 0 Å². The highest BCUT2D eigenvalue weighted by Crippen LogP contribution is 2.40. The predicted octanol–water partition coefficient (Wildman–Crippen LogP) is 3.90. The Morgan fingerprint density at radius 3 is 2.56 bits per heavy atom. The molecule has 1 heterocycles. The molecule has 1 aliphatic rings. The van der Waals surface area contributed by atoms with Gasteiger partial charge < -0.3 is 23.8 Å². The van der Waals surface area contributed by atoms with Crippen molar-refractivity contribution < 1.29 is 28.6 Å². The van der Waals surface area contributed by atoms with Crippen molar-refractivity contribution in [3.05, 3.63) is 89.0 Å². The minimum absolute atomic E-state index is 0.114. The Morgan fingerprint density at radius 2 is 1.79 bits per heavy atom. The zero-order chi connectivity index (χ0) is 24.0. The molecule has 4 rings (SSSR count). The van der Waals surface area contributed by atoms with E-state index < -0.39 is 5.54 Å². The summed E-state index contributed by atoms with van der Waals surface area (Å²) in [5, 5.41) is 0. The Morgan fingerprint density at radius 1 is 1.00 bits per heavy atom. The van der Waals surface area contributed by atoms with E-state index in [1.807, 2.05) is 73.7 Å². The van der Waals surface area contributed by atoms with Crippen LogP contribution in [0.4, 0.5) is 0 Å². The van der Waals surface area contributed by atoms with Crippen molar-refractivity contribution in [3.63, 3.8) is 0 Å². The number of amidine groups is 1. The quantitative estimate of drug-likeness (QED) is 0.381. The standard InChI is InChI=1S/C26H26N2O6/c1-18-12-21(10-11-24(18)31-3)26(16-33-25(27-26)28-34-17-29)20-7-5-9-23(14-20)32-15-19-6-4-8-22(13-19)30-2/h4-14,17H,15-16H2,1-3H3,(H,27,28). The molecule has 1 N–H and O–H groups in total. The lowest BCUT2D eigenvalue weighted by molar-refractivity contribution is -0.132. The van der Waals surface area contributed by atoms with E-state index in [1.165, 1.54) is 0 Å². The van der Waals surface area contributed by atoms with E-state index in [0.29, 0.717) is 12.4 Å². The summed E-state index contributed by atoms with van der Waals surface area (Å²) in [6.45, 7) is 2.84. The summed E-state index contributed by atoms with van der Waals surface area (Å²) < 4.78 is 22.5. The van der Waals surface area contributed by atoms with Crippen molar-refractivity contribution in [2.45, 2.75) is 19.1 Å². The number of hydroxylamine groups is 1. The van der Waals surface area contributed by atoms with Gasteiger partial charge in [-0.2, -0.15) is 5.48 Å². The van der Waals surface area contributed by atoms with Gasteiger partial charge in [-0.25, -0.2) is 4.99 Å². The molecule has 8 heteroatoms. The van der Waals surface area contributed by atoms with Crippen LogP contribution in [0.5, 0.6) is 17.2 Å². The first kappa shape index (κ1) is 23.0. The third-order valence-corrected chi connectivity index (χ3v) is 5.63. The number of ether oxygens (including phenoxy) is 4. The molecule has 0 radical (unpaired) electrons. The van der Waals surface area contributed by atoms with Gasteiger partial charge in [-0.3, -0.25) is 4.79 Å². The molecule has 8 nitrogen and oxygen atoms in total. The van der Waals surface area contributed by atoms with Crippen LogP contribution in [0.15, 0.2) is 71.7 Å². The van der Waals surface area contributed by atoms with Gasteiger partial charge in [0, 0.05) is 0 Å². The fourth-order valence-electron chi connectivity index (χ4n) is 3.91. The average Bonchev–Trinajstić information content (AvgIpc) is 3.32. The van der Waals surface area contributed by atoms with Crippen LogP contribution < -0.4 is 19.7 Å². The maximum Gasteiger partial charge on any atom is 0.320 e. The second kappa shape index (κ2) is 10.2. The van der Waals surface area contributed by atoms with E-state index >= 15 is 0 Å². The van der Waals surface area contributed by atoms with Crippen LogP contribution in [0.3, 0.4) is 0 Å². The summed E-state index contributed by atoms with van der Waals surface area (Å²) in [6.07, 6.45) is 0. The lowest BCUT2D eigenvalue weighted by Crippen LogP contribution is -2.27. The number of aryl methyl sites for hydroxylation is 1. The molecule has 1 aliphatic heterocycles. The Bertz CT molecular complexity index is 1200. The van der Waals surface area contributed by atoms with Crippen LogP contribution in [0.25, 0.3) is 0 Å². The lowest BCUT2D eigenvalue weighted by atomic mass is 9.83. The van der Waals surface area contributed by atoms with Crippen LogP contribution in [-0.2, 0) is 26.5 Å². The molecule has 0 aromatic heterocycles. The molecule has 3 aromatic carbocycles. The molecular formula is C26H26N2O6. The van der Waals surface area contributed by atoms with E-state index in [1.54, 1.807) is 14.2 Å². The van der Waals surface area contributed by atoms with Crippen LogP contribution in [-0.4, -0.2) is 33.3 Å². The molecule has 0 fully saturated rings. The van der Waals surface area contributed by atoms with E-state index in [-0.39, 0.29) is 19.1 Å². The number of methoxy groups -OCH3 is 2. The van der Waals surface area contributed by atoms with Crippen LogP contribution in [0, 0.1) is 6.92 Å². The molecule has 34 heavy (non-hydrogen) atoms. The second-order valence-corrected chi connectivity index (χ2v) is 7.73. The topological polar surface area (TPSA) is 87.6 Å². The van der Waals surface area contributed by atoms with Crippen molar-refractivity contribution in [1.29, 1.82) is 0 Å². The smallest absolute Gasteiger partial charge is 0.320 e. The van der Waals surface area contributed by atoms with E-state index in [0.717, 1.165) is 33.8 Å². The van der Waals surface area contributed by atoms with E-state index in [4.69, 9.17) is 23.9 Å². The van der Waals surface area contributed by atoms with Crippen LogP contribution in [0.1, 0.15) is 22.3 Å². The first-order chi connectivity index (χ1) is 16.6. The number of benzene rings is 3. The summed E-state index contributed by atoms with van der Waals surface area (Å²) in [4.78, 5) is 20.0. The molecule has 0 saturated carbocycles. The number of nitrogens with one attached hydrogen (secondary N) is 1. The minimum atomic E-state index is -0.874. The van der Waals surface area contributed by atoms with Gasteiger partial charge in [0.2, 0.25) is 0 Å². The van der Waals surface area contributed by atoms with Crippen molar-refractivity contribution in [1.82, 2.24) is 5.48 Å². The molecule has 3 aromatic rings. The molecule has 0 aliphatic carbocycles. The third-order valence-electron chi connectivity index (χ3n) is 5.63. The number of rotatable bonds is 9. The van der Waals surface area contributed by atoms with Gasteiger partial charge in [-0.1, -0.05) is 30.3 Å². The normalized spacial score (nSPS) is 16.7. The van der Waals surface area contributed by atoms with Crippen molar-refractivity contribution in [3.8, 4) is 17.2 Å². The van der Waals surface area contributed by atoms with E-state index in [2.05, 4.69) is 10.3 Å².